The second-order valence-corrected chi connectivity index (χ2v) is 6.78. The Kier molecular flexibility index (Phi) is 5.34. The number of aromatic amines is 1. The van der Waals surface area contributed by atoms with Crippen LogP contribution in [0.2, 0.25) is 5.02 Å². The Balaban J connectivity index is 1.91. The Morgan fingerprint density at radius 3 is 2.77 bits per heavy atom. The van der Waals surface area contributed by atoms with Crippen molar-refractivity contribution in [3.8, 4) is 5.75 Å². The average Bonchev–Trinajstić information content (AvgIpc) is 2.59. The Bertz CT molecular complexity index is 907. The Morgan fingerprint density at radius 2 is 2.08 bits per heavy atom. The van der Waals surface area contributed by atoms with Gasteiger partial charge in [-0.1, -0.05) is 17.7 Å². The van der Waals surface area contributed by atoms with Gasteiger partial charge in [0, 0.05) is 17.8 Å². The summed E-state index contributed by atoms with van der Waals surface area (Å²) < 4.78 is 5.40. The molecule has 1 aromatic heterocycles. The van der Waals surface area contributed by atoms with Gasteiger partial charge in [-0.3, -0.25) is 9.59 Å². The van der Waals surface area contributed by atoms with Crippen LogP contribution in [0.4, 0.5) is 0 Å². The fourth-order valence-electron chi connectivity index (χ4n) is 3.24. The van der Waals surface area contributed by atoms with E-state index in [-0.39, 0.29) is 36.2 Å². The lowest BCUT2D eigenvalue weighted by atomic mass is 9.97. The van der Waals surface area contributed by atoms with Gasteiger partial charge in [-0.05, 0) is 43.5 Å². The van der Waals surface area contributed by atoms with Gasteiger partial charge < -0.3 is 19.7 Å². The second kappa shape index (κ2) is 7.51. The number of amides is 1. The molecule has 1 aliphatic heterocycles. The molecule has 0 bridgehead atoms. The number of aryl methyl sites for hydroxylation is 2. The summed E-state index contributed by atoms with van der Waals surface area (Å²) in [5.74, 6) is 0.157. The molecule has 0 unspecified atom stereocenters. The van der Waals surface area contributed by atoms with Gasteiger partial charge in [-0.25, -0.2) is 0 Å². The fraction of sp³-hybridized carbons (Fsp3) is 0.368. The molecule has 1 aromatic carbocycles. The first-order valence-electron chi connectivity index (χ1n) is 8.46. The molecule has 138 valence electrons. The average molecular weight is 377 g/mol. The molecule has 0 fully saturated rings. The van der Waals surface area contributed by atoms with Crippen molar-refractivity contribution >= 4 is 17.5 Å². The minimum atomic E-state index is -0.218. The van der Waals surface area contributed by atoms with Crippen molar-refractivity contribution in [1.82, 2.24) is 9.88 Å². The lowest BCUT2D eigenvalue weighted by Gasteiger charge is -2.30. The van der Waals surface area contributed by atoms with Crippen molar-refractivity contribution in [3.05, 3.63) is 61.5 Å². The third-order valence-corrected chi connectivity index (χ3v) is 4.91. The summed E-state index contributed by atoms with van der Waals surface area (Å²) in [5, 5.41) is 9.16. The maximum absolute atomic E-state index is 13.0. The summed E-state index contributed by atoms with van der Waals surface area (Å²) in [6, 6.07) is 5.44. The van der Waals surface area contributed by atoms with Crippen LogP contribution in [0.1, 0.15) is 32.7 Å². The van der Waals surface area contributed by atoms with E-state index >= 15 is 0 Å². The number of fused-ring (bicyclic) bond motifs is 1. The van der Waals surface area contributed by atoms with E-state index in [0.717, 1.165) is 16.8 Å². The molecule has 0 atom stereocenters. The molecule has 6 nitrogen and oxygen atoms in total. The van der Waals surface area contributed by atoms with Crippen LogP contribution in [0.25, 0.3) is 0 Å². The van der Waals surface area contributed by atoms with Crippen LogP contribution in [0.5, 0.6) is 5.75 Å². The number of nitrogens with one attached hydrogen (secondary N) is 1. The molecule has 0 aliphatic carbocycles. The Hall–Kier alpha value is -2.31. The number of aliphatic hydroxyl groups excluding tert-OH is 1. The number of hydrogen-bond acceptors (Lipinski definition) is 4. The zero-order valence-electron chi connectivity index (χ0n) is 14.8. The summed E-state index contributed by atoms with van der Waals surface area (Å²) in [4.78, 5) is 29.7. The largest absolute Gasteiger partial charge is 0.490 e. The molecule has 2 heterocycles. The summed E-state index contributed by atoms with van der Waals surface area (Å²) in [5.41, 5.74) is 3.33. The van der Waals surface area contributed by atoms with E-state index in [9.17, 15) is 9.59 Å². The van der Waals surface area contributed by atoms with Crippen LogP contribution >= 0.6 is 11.6 Å². The number of pyridine rings is 1. The zero-order chi connectivity index (χ0) is 18.8. The molecule has 2 aromatic rings. The predicted octanol–water partition coefficient (Wildman–Crippen LogP) is 2.21. The molecule has 1 aliphatic rings. The zero-order valence-corrected chi connectivity index (χ0v) is 15.5. The summed E-state index contributed by atoms with van der Waals surface area (Å²) in [6.45, 7) is 4.42. The molecule has 0 saturated heterocycles. The number of rotatable bonds is 5. The van der Waals surface area contributed by atoms with E-state index in [2.05, 4.69) is 4.98 Å². The van der Waals surface area contributed by atoms with Gasteiger partial charge in [-0.2, -0.15) is 0 Å². The van der Waals surface area contributed by atoms with E-state index in [4.69, 9.17) is 21.4 Å². The predicted molar refractivity (Wildman–Crippen MR) is 99.0 cm³/mol. The second-order valence-electron chi connectivity index (χ2n) is 6.40. The SMILES string of the molecule is Cc1cc(C)c(CN2CCc3ccc(OCCO)c(Cl)c3C2=O)c(=O)[nH]1. The molecule has 2 N–H and O–H groups in total. The maximum Gasteiger partial charge on any atom is 0.256 e. The monoisotopic (exact) mass is 376 g/mol. The van der Waals surface area contributed by atoms with Crippen molar-refractivity contribution in [3.63, 3.8) is 0 Å². The quantitative estimate of drug-likeness (QED) is 0.838. The van der Waals surface area contributed by atoms with Gasteiger partial charge in [0.2, 0.25) is 0 Å². The van der Waals surface area contributed by atoms with Crippen LogP contribution in [0.3, 0.4) is 0 Å². The molecule has 1 amide bonds. The molecular weight excluding hydrogens is 356 g/mol. The summed E-state index contributed by atoms with van der Waals surface area (Å²) >= 11 is 6.39. The number of aromatic nitrogens is 1. The van der Waals surface area contributed by atoms with E-state index in [1.54, 1.807) is 11.0 Å². The van der Waals surface area contributed by atoms with Crippen molar-refractivity contribution < 1.29 is 14.6 Å². The van der Waals surface area contributed by atoms with Crippen LogP contribution in [-0.2, 0) is 13.0 Å². The first-order chi connectivity index (χ1) is 12.4. The van der Waals surface area contributed by atoms with Gasteiger partial charge in [-0.15, -0.1) is 0 Å². The highest BCUT2D eigenvalue weighted by Crippen LogP contribution is 2.34. The first-order valence-corrected chi connectivity index (χ1v) is 8.84. The molecule has 0 saturated carbocycles. The standard InChI is InChI=1S/C19H21ClN2O4/c1-11-9-12(2)21-18(24)14(11)10-22-6-5-13-3-4-15(26-8-7-23)17(20)16(13)19(22)25/h3-4,9,23H,5-8,10H2,1-2H3,(H,21,24). The van der Waals surface area contributed by atoms with E-state index < -0.39 is 0 Å². The van der Waals surface area contributed by atoms with E-state index in [1.165, 1.54) is 0 Å². The van der Waals surface area contributed by atoms with Crippen molar-refractivity contribution in [2.45, 2.75) is 26.8 Å². The number of nitrogens with zero attached hydrogens (tertiary/aromatic N) is 1. The van der Waals surface area contributed by atoms with Crippen LogP contribution in [0.15, 0.2) is 23.0 Å². The minimum absolute atomic E-state index is 0.106. The van der Waals surface area contributed by atoms with Crippen LogP contribution in [-0.4, -0.2) is 40.7 Å². The highest BCUT2D eigenvalue weighted by molar-refractivity contribution is 6.35. The molecule has 3 rings (SSSR count). The lowest BCUT2D eigenvalue weighted by molar-refractivity contribution is 0.0725. The molecular formula is C19H21ClN2O4. The minimum Gasteiger partial charge on any atom is -0.490 e. The van der Waals surface area contributed by atoms with Crippen molar-refractivity contribution in [2.75, 3.05) is 19.8 Å². The number of halogens is 1. The third kappa shape index (κ3) is 3.48. The van der Waals surface area contributed by atoms with Crippen molar-refractivity contribution in [2.24, 2.45) is 0 Å². The van der Waals surface area contributed by atoms with Gasteiger partial charge >= 0.3 is 0 Å². The number of hydrogen-bond donors (Lipinski definition) is 2. The fourth-order valence-corrected chi connectivity index (χ4v) is 3.56. The van der Waals surface area contributed by atoms with E-state index in [0.29, 0.717) is 29.8 Å². The number of carbonyl (C=O) groups excluding carboxylic acids is 1. The summed E-state index contributed by atoms with van der Waals surface area (Å²) in [6.07, 6.45) is 0.657. The number of H-pyrrole nitrogens is 1. The molecule has 7 heteroatoms. The molecule has 0 radical (unpaired) electrons. The number of aliphatic hydroxyl groups is 1. The third-order valence-electron chi connectivity index (χ3n) is 4.54. The van der Waals surface area contributed by atoms with Gasteiger partial charge in [0.25, 0.3) is 11.5 Å². The van der Waals surface area contributed by atoms with E-state index in [1.807, 2.05) is 26.0 Å². The normalized spacial score (nSPS) is 13.7. The van der Waals surface area contributed by atoms with Crippen molar-refractivity contribution in [1.29, 1.82) is 0 Å². The number of benzene rings is 1. The Labute approximate surface area is 156 Å². The Morgan fingerprint density at radius 1 is 1.31 bits per heavy atom. The van der Waals surface area contributed by atoms with Gasteiger partial charge in [0.15, 0.2) is 0 Å². The first kappa shape index (κ1) is 18.5. The van der Waals surface area contributed by atoms with Gasteiger partial charge in [0.05, 0.1) is 23.7 Å². The highest BCUT2D eigenvalue weighted by atomic mass is 35.5. The van der Waals surface area contributed by atoms with Crippen LogP contribution < -0.4 is 10.3 Å². The van der Waals surface area contributed by atoms with Crippen LogP contribution in [0, 0.1) is 13.8 Å². The molecule has 0 spiro atoms. The van der Waals surface area contributed by atoms with Gasteiger partial charge in [0.1, 0.15) is 12.4 Å². The molecule has 26 heavy (non-hydrogen) atoms. The highest BCUT2D eigenvalue weighted by Gasteiger charge is 2.29. The maximum atomic E-state index is 13.0. The number of carbonyl (C=O) groups is 1. The number of ether oxygens (including phenoxy) is 1. The topological polar surface area (TPSA) is 82.6 Å². The lowest BCUT2D eigenvalue weighted by Crippen LogP contribution is -2.39. The summed E-state index contributed by atoms with van der Waals surface area (Å²) in [7, 11) is 0. The smallest absolute Gasteiger partial charge is 0.256 e.